The van der Waals surface area contributed by atoms with Crippen molar-refractivity contribution in [2.24, 2.45) is 0 Å². The summed E-state index contributed by atoms with van der Waals surface area (Å²) in [4.78, 5) is 23.6. The Morgan fingerprint density at radius 2 is 1.78 bits per heavy atom. The molecule has 32 heavy (non-hydrogen) atoms. The molecular weight excluding hydrogens is 449 g/mol. The molecule has 0 unspecified atom stereocenters. The Morgan fingerprint density at radius 3 is 2.44 bits per heavy atom. The summed E-state index contributed by atoms with van der Waals surface area (Å²) in [6.45, 7) is 5.50. The Bertz CT molecular complexity index is 1160. The van der Waals surface area contributed by atoms with Crippen LogP contribution in [0.4, 0.5) is 5.13 Å². The van der Waals surface area contributed by atoms with Crippen LogP contribution in [0.2, 0.25) is 0 Å². The fraction of sp³-hybridized carbons (Fsp3) is 0.208. The van der Waals surface area contributed by atoms with Crippen LogP contribution < -0.4 is 39.6 Å². The van der Waals surface area contributed by atoms with Crippen LogP contribution in [-0.2, 0) is 13.1 Å². The molecule has 8 heteroatoms. The molecule has 0 fully saturated rings. The van der Waals surface area contributed by atoms with Crippen LogP contribution in [0, 0.1) is 0 Å². The molecule has 1 aromatic carbocycles. The third-order valence-electron chi connectivity index (χ3n) is 4.93. The average Bonchev–Trinajstić information content (AvgIpc) is 3.46. The van der Waals surface area contributed by atoms with Gasteiger partial charge in [-0.25, -0.2) is 9.97 Å². The van der Waals surface area contributed by atoms with Gasteiger partial charge >= 0.3 is 29.6 Å². The summed E-state index contributed by atoms with van der Waals surface area (Å²) in [6.07, 6.45) is 0. The van der Waals surface area contributed by atoms with Gasteiger partial charge in [0, 0.05) is 15.8 Å². The van der Waals surface area contributed by atoms with Crippen molar-refractivity contribution in [1.29, 1.82) is 0 Å². The van der Waals surface area contributed by atoms with E-state index in [1.807, 2.05) is 17.5 Å². The Balaban J connectivity index is 0.00000289. The van der Waals surface area contributed by atoms with Gasteiger partial charge in [-0.1, -0.05) is 50.2 Å². The largest absolute Gasteiger partial charge is 1.00 e. The smallest absolute Gasteiger partial charge is 0.543 e. The summed E-state index contributed by atoms with van der Waals surface area (Å²) in [7, 11) is 0. The number of nitrogens with zero attached hydrogens (tertiary/aromatic N) is 3. The second-order valence-corrected chi connectivity index (χ2v) is 9.40. The van der Waals surface area contributed by atoms with Gasteiger partial charge in [-0.15, -0.1) is 22.7 Å². The van der Waals surface area contributed by atoms with Crippen LogP contribution in [0.3, 0.4) is 0 Å². The van der Waals surface area contributed by atoms with E-state index >= 15 is 0 Å². The number of hydrogen-bond acceptors (Lipinski definition) is 7. The van der Waals surface area contributed by atoms with E-state index in [2.05, 4.69) is 59.4 Å². The van der Waals surface area contributed by atoms with Crippen LogP contribution in [0.5, 0.6) is 0 Å². The molecular formula is C24H22N3NaO2S2. The summed E-state index contributed by atoms with van der Waals surface area (Å²) >= 11 is 3.26. The quantitative estimate of drug-likeness (QED) is 0.368. The van der Waals surface area contributed by atoms with E-state index < -0.39 is 5.97 Å². The second kappa shape index (κ2) is 11.2. The van der Waals surface area contributed by atoms with E-state index in [9.17, 15) is 9.90 Å². The van der Waals surface area contributed by atoms with Gasteiger partial charge in [0.15, 0.2) is 5.13 Å². The number of hydrogen-bond donors (Lipinski definition) is 0. The normalized spacial score (nSPS) is 10.7. The molecule has 0 saturated carbocycles. The molecule has 0 saturated heterocycles. The summed E-state index contributed by atoms with van der Waals surface area (Å²) < 4.78 is 0. The van der Waals surface area contributed by atoms with E-state index in [4.69, 9.17) is 4.98 Å². The van der Waals surface area contributed by atoms with Crippen molar-refractivity contribution in [2.45, 2.75) is 32.9 Å². The first-order valence-corrected chi connectivity index (χ1v) is 11.8. The van der Waals surface area contributed by atoms with Gasteiger partial charge < -0.3 is 14.8 Å². The predicted molar refractivity (Wildman–Crippen MR) is 124 cm³/mol. The Labute approximate surface area is 218 Å². The van der Waals surface area contributed by atoms with Crippen LogP contribution >= 0.6 is 22.7 Å². The number of aromatic carboxylic acids is 1. The van der Waals surface area contributed by atoms with E-state index in [1.165, 1.54) is 16.5 Å². The fourth-order valence-corrected chi connectivity index (χ4v) is 4.79. The molecule has 0 atom stereocenters. The number of benzene rings is 1. The molecule has 0 aliphatic carbocycles. The minimum atomic E-state index is -1.27. The van der Waals surface area contributed by atoms with Gasteiger partial charge in [0.25, 0.3) is 0 Å². The van der Waals surface area contributed by atoms with E-state index in [1.54, 1.807) is 28.7 Å². The molecule has 3 heterocycles. The number of carbonyl (C=O) groups is 1. The van der Waals surface area contributed by atoms with E-state index in [0.717, 1.165) is 16.4 Å². The first-order chi connectivity index (χ1) is 15.0. The van der Waals surface area contributed by atoms with Crippen LogP contribution in [0.15, 0.2) is 65.4 Å². The van der Waals surface area contributed by atoms with Crippen molar-refractivity contribution in [2.75, 3.05) is 4.90 Å². The van der Waals surface area contributed by atoms with E-state index in [0.29, 0.717) is 24.7 Å². The number of pyridine rings is 1. The zero-order valence-corrected chi connectivity index (χ0v) is 22.0. The monoisotopic (exact) mass is 471 g/mol. The molecule has 4 rings (SSSR count). The van der Waals surface area contributed by atoms with Crippen molar-refractivity contribution in [3.05, 3.63) is 87.2 Å². The number of rotatable bonds is 8. The second-order valence-electron chi connectivity index (χ2n) is 7.53. The van der Waals surface area contributed by atoms with Crippen molar-refractivity contribution in [3.8, 4) is 11.3 Å². The zero-order valence-electron chi connectivity index (χ0n) is 18.3. The van der Waals surface area contributed by atoms with Crippen molar-refractivity contribution < 1.29 is 39.5 Å². The maximum atomic E-state index is 11.2. The molecule has 0 spiro atoms. The Hall–Kier alpha value is -2.03. The number of anilines is 1. The third kappa shape index (κ3) is 6.05. The standard InChI is InChI=1S/C24H23N3O2S2.Na/c1-16(2)17-8-10-18(11-9-17)22-15-31-24(26-22)27(14-20-6-4-12-30-20)13-19-5-3-7-21(25-19)23(28)29;/h3-12,15-16H,13-14H2,1-2H3,(H,28,29);/q;+1/p-1. The minimum absolute atomic E-state index is 0. The predicted octanol–water partition coefficient (Wildman–Crippen LogP) is 1.96. The number of thiophene rings is 1. The van der Waals surface area contributed by atoms with Gasteiger partial charge in [-0.3, -0.25) is 0 Å². The number of carboxylic acids is 1. The number of carboxylic acid groups (broad SMARTS) is 1. The van der Waals surface area contributed by atoms with Gasteiger partial charge in [0.1, 0.15) is 0 Å². The van der Waals surface area contributed by atoms with Gasteiger partial charge in [0.2, 0.25) is 0 Å². The molecule has 3 aromatic heterocycles. The topological polar surface area (TPSA) is 69.2 Å². The van der Waals surface area contributed by atoms with Crippen LogP contribution in [0.25, 0.3) is 11.3 Å². The average molecular weight is 472 g/mol. The molecule has 0 N–H and O–H groups in total. The van der Waals surface area contributed by atoms with E-state index in [-0.39, 0.29) is 35.3 Å². The molecule has 0 amide bonds. The molecule has 158 valence electrons. The van der Waals surface area contributed by atoms with Gasteiger partial charge in [-0.05, 0) is 35.1 Å². The van der Waals surface area contributed by atoms with Crippen molar-refractivity contribution >= 4 is 33.8 Å². The molecule has 0 radical (unpaired) electrons. The molecule has 4 aromatic rings. The maximum absolute atomic E-state index is 11.2. The summed E-state index contributed by atoms with van der Waals surface area (Å²) in [5.74, 6) is -0.779. The first kappa shape index (κ1) is 24.6. The zero-order chi connectivity index (χ0) is 21.8. The molecule has 5 nitrogen and oxygen atoms in total. The third-order valence-corrected chi connectivity index (χ3v) is 6.69. The Morgan fingerprint density at radius 1 is 1.00 bits per heavy atom. The molecule has 0 aliphatic heterocycles. The van der Waals surface area contributed by atoms with Crippen LogP contribution in [0.1, 0.15) is 46.4 Å². The summed E-state index contributed by atoms with van der Waals surface area (Å²) in [6, 6.07) is 17.6. The first-order valence-electron chi connectivity index (χ1n) is 10.00. The number of thiazole rings is 1. The summed E-state index contributed by atoms with van der Waals surface area (Å²) in [5.41, 5.74) is 3.93. The van der Waals surface area contributed by atoms with Gasteiger partial charge in [0.05, 0.1) is 36.1 Å². The van der Waals surface area contributed by atoms with Gasteiger partial charge in [-0.2, -0.15) is 0 Å². The molecule has 0 bridgehead atoms. The fourth-order valence-electron chi connectivity index (χ4n) is 3.24. The maximum Gasteiger partial charge on any atom is 1.00 e. The van der Waals surface area contributed by atoms with Crippen molar-refractivity contribution in [3.63, 3.8) is 0 Å². The minimum Gasteiger partial charge on any atom is -0.543 e. The molecule has 0 aliphatic rings. The number of aromatic nitrogens is 2. The number of carbonyl (C=O) groups excluding carboxylic acids is 1. The summed E-state index contributed by atoms with van der Waals surface area (Å²) in [5, 5.41) is 16.2. The Kier molecular flexibility index (Phi) is 8.62. The van der Waals surface area contributed by atoms with Crippen molar-refractivity contribution in [1.82, 2.24) is 9.97 Å². The van der Waals surface area contributed by atoms with Crippen LogP contribution in [-0.4, -0.2) is 15.9 Å². The SMILES string of the molecule is CC(C)c1ccc(-c2csc(N(Cc3cccc(C(=O)[O-])n3)Cc3cccs3)n2)cc1.[Na+].